The highest BCUT2D eigenvalue weighted by Crippen LogP contribution is 2.33. The summed E-state index contributed by atoms with van der Waals surface area (Å²) in [6.45, 7) is 3.14. The third-order valence-corrected chi connectivity index (χ3v) is 3.54. The minimum atomic E-state index is 0.548. The van der Waals surface area contributed by atoms with Crippen molar-refractivity contribution in [2.75, 3.05) is 11.4 Å². The van der Waals surface area contributed by atoms with Crippen molar-refractivity contribution < 1.29 is 0 Å². The second-order valence-electron chi connectivity index (χ2n) is 4.71. The Labute approximate surface area is 112 Å². The maximum absolute atomic E-state index is 5.98. The third-order valence-electron chi connectivity index (χ3n) is 3.33. The van der Waals surface area contributed by atoms with E-state index in [9.17, 15) is 0 Å². The summed E-state index contributed by atoms with van der Waals surface area (Å²) in [5, 5.41) is 0.548. The maximum Gasteiger partial charge on any atom is 0.134 e. The lowest BCUT2D eigenvalue weighted by Gasteiger charge is -2.30. The fourth-order valence-corrected chi connectivity index (χ4v) is 2.67. The van der Waals surface area contributed by atoms with Gasteiger partial charge in [0.1, 0.15) is 11.0 Å². The highest BCUT2D eigenvalue weighted by atomic mass is 35.5. The molecule has 18 heavy (non-hydrogen) atoms. The first-order chi connectivity index (χ1) is 8.74. The fraction of sp³-hybridized carbons (Fsp3) is 0.267. The number of nitrogens with zero attached hydrogens (tertiary/aromatic N) is 2. The van der Waals surface area contributed by atoms with Crippen LogP contribution in [-0.4, -0.2) is 11.5 Å². The van der Waals surface area contributed by atoms with Gasteiger partial charge in [0.25, 0.3) is 0 Å². The molecule has 3 heteroatoms. The Kier molecular flexibility index (Phi) is 2.96. The first-order valence-corrected chi connectivity index (χ1v) is 6.61. The molecule has 0 saturated carbocycles. The molecule has 0 atom stereocenters. The number of aryl methyl sites for hydroxylation is 2. The zero-order valence-corrected chi connectivity index (χ0v) is 11.1. The first-order valence-electron chi connectivity index (χ1n) is 6.24. The molecule has 1 aromatic heterocycles. The Morgan fingerprint density at radius 2 is 2.11 bits per heavy atom. The van der Waals surface area contributed by atoms with Gasteiger partial charge in [-0.05, 0) is 43.5 Å². The van der Waals surface area contributed by atoms with E-state index in [1.165, 1.54) is 16.8 Å². The summed E-state index contributed by atoms with van der Waals surface area (Å²) in [5.41, 5.74) is 3.99. The molecule has 0 N–H and O–H groups in total. The van der Waals surface area contributed by atoms with Gasteiger partial charge in [-0.1, -0.05) is 35.4 Å². The SMILES string of the molecule is Cc1ccc2c(c1)CCCN2c1cccc(Cl)n1. The molecule has 0 aliphatic carbocycles. The van der Waals surface area contributed by atoms with Gasteiger partial charge in [-0.2, -0.15) is 0 Å². The topological polar surface area (TPSA) is 16.1 Å². The number of benzene rings is 1. The van der Waals surface area contributed by atoms with Crippen LogP contribution in [-0.2, 0) is 6.42 Å². The summed E-state index contributed by atoms with van der Waals surface area (Å²) in [6, 6.07) is 12.4. The van der Waals surface area contributed by atoms with Crippen molar-refractivity contribution in [2.45, 2.75) is 19.8 Å². The molecule has 0 unspecified atom stereocenters. The van der Waals surface area contributed by atoms with Gasteiger partial charge in [0.15, 0.2) is 0 Å². The van der Waals surface area contributed by atoms with Gasteiger partial charge in [0.05, 0.1) is 0 Å². The number of halogens is 1. The Balaban J connectivity index is 2.06. The maximum atomic E-state index is 5.98. The predicted molar refractivity (Wildman–Crippen MR) is 75.8 cm³/mol. The molecule has 2 nitrogen and oxygen atoms in total. The Hall–Kier alpha value is -1.54. The standard InChI is InChI=1S/C15H15ClN2/c1-11-7-8-13-12(10-11)4-3-9-18(13)15-6-2-5-14(16)17-15/h2,5-8,10H,3-4,9H2,1H3. The van der Waals surface area contributed by atoms with Crippen molar-refractivity contribution in [3.05, 3.63) is 52.7 Å². The van der Waals surface area contributed by atoms with Crippen LogP contribution in [0.3, 0.4) is 0 Å². The van der Waals surface area contributed by atoms with Crippen molar-refractivity contribution >= 4 is 23.1 Å². The zero-order chi connectivity index (χ0) is 12.5. The van der Waals surface area contributed by atoms with E-state index >= 15 is 0 Å². The molecule has 0 bridgehead atoms. The molecule has 2 heterocycles. The molecule has 0 radical (unpaired) electrons. The highest BCUT2D eigenvalue weighted by Gasteiger charge is 2.19. The van der Waals surface area contributed by atoms with Crippen molar-refractivity contribution in [3.63, 3.8) is 0 Å². The predicted octanol–water partition coefficient (Wildman–Crippen LogP) is 4.13. The Morgan fingerprint density at radius 1 is 1.22 bits per heavy atom. The monoisotopic (exact) mass is 258 g/mol. The second kappa shape index (κ2) is 4.62. The molecule has 0 amide bonds. The smallest absolute Gasteiger partial charge is 0.134 e. The van der Waals surface area contributed by atoms with Crippen LogP contribution in [0.2, 0.25) is 5.15 Å². The summed E-state index contributed by atoms with van der Waals surface area (Å²) in [6.07, 6.45) is 2.30. The quantitative estimate of drug-likeness (QED) is 0.715. The minimum absolute atomic E-state index is 0.548. The summed E-state index contributed by atoms with van der Waals surface area (Å²) >= 11 is 5.98. The Bertz CT molecular complexity index is 580. The van der Waals surface area contributed by atoms with E-state index in [1.807, 2.05) is 18.2 Å². The van der Waals surface area contributed by atoms with Gasteiger partial charge in [-0.3, -0.25) is 0 Å². The van der Waals surface area contributed by atoms with Crippen LogP contribution in [0.5, 0.6) is 0 Å². The molecule has 0 fully saturated rings. The molecule has 0 saturated heterocycles. The number of fused-ring (bicyclic) bond motifs is 1. The van der Waals surface area contributed by atoms with E-state index in [0.29, 0.717) is 5.15 Å². The van der Waals surface area contributed by atoms with Crippen molar-refractivity contribution in [2.24, 2.45) is 0 Å². The summed E-state index contributed by atoms with van der Waals surface area (Å²) in [5.74, 6) is 0.937. The molecular formula is C15H15ClN2. The number of aromatic nitrogens is 1. The summed E-state index contributed by atoms with van der Waals surface area (Å²) < 4.78 is 0. The van der Waals surface area contributed by atoms with Gasteiger partial charge < -0.3 is 4.90 Å². The summed E-state index contributed by atoms with van der Waals surface area (Å²) in [4.78, 5) is 6.66. The lowest BCUT2D eigenvalue weighted by Crippen LogP contribution is -2.25. The van der Waals surface area contributed by atoms with Gasteiger partial charge in [-0.15, -0.1) is 0 Å². The van der Waals surface area contributed by atoms with Gasteiger partial charge in [0.2, 0.25) is 0 Å². The van der Waals surface area contributed by atoms with E-state index in [2.05, 4.69) is 35.0 Å². The number of rotatable bonds is 1. The summed E-state index contributed by atoms with van der Waals surface area (Å²) in [7, 11) is 0. The van der Waals surface area contributed by atoms with Crippen LogP contribution in [0.4, 0.5) is 11.5 Å². The number of hydrogen-bond acceptors (Lipinski definition) is 2. The van der Waals surface area contributed by atoms with Crippen molar-refractivity contribution in [1.82, 2.24) is 4.98 Å². The number of hydrogen-bond donors (Lipinski definition) is 0. The third kappa shape index (κ3) is 2.08. The first kappa shape index (κ1) is 11.5. The molecular weight excluding hydrogens is 244 g/mol. The molecule has 2 aromatic rings. The van der Waals surface area contributed by atoms with E-state index in [1.54, 1.807) is 0 Å². The van der Waals surface area contributed by atoms with Gasteiger partial charge in [0, 0.05) is 12.2 Å². The lowest BCUT2D eigenvalue weighted by atomic mass is 9.99. The molecule has 0 spiro atoms. The van der Waals surface area contributed by atoms with Crippen molar-refractivity contribution in [1.29, 1.82) is 0 Å². The average molecular weight is 259 g/mol. The molecule has 92 valence electrons. The zero-order valence-electron chi connectivity index (χ0n) is 10.4. The molecule has 3 rings (SSSR count). The fourth-order valence-electron chi connectivity index (χ4n) is 2.51. The minimum Gasteiger partial charge on any atom is -0.326 e. The number of anilines is 2. The van der Waals surface area contributed by atoms with Gasteiger partial charge >= 0.3 is 0 Å². The van der Waals surface area contributed by atoms with Gasteiger partial charge in [-0.25, -0.2) is 4.98 Å². The van der Waals surface area contributed by atoms with Crippen LogP contribution in [0.15, 0.2) is 36.4 Å². The lowest BCUT2D eigenvalue weighted by molar-refractivity contribution is 0.759. The van der Waals surface area contributed by atoms with Crippen LogP contribution in [0.1, 0.15) is 17.5 Å². The van der Waals surface area contributed by atoms with Crippen LogP contribution in [0.25, 0.3) is 0 Å². The van der Waals surface area contributed by atoms with Crippen LogP contribution < -0.4 is 4.90 Å². The van der Waals surface area contributed by atoms with E-state index in [0.717, 1.165) is 25.2 Å². The van der Waals surface area contributed by atoms with Crippen LogP contribution in [0, 0.1) is 6.92 Å². The van der Waals surface area contributed by atoms with E-state index < -0.39 is 0 Å². The molecule has 1 aliphatic rings. The second-order valence-corrected chi connectivity index (χ2v) is 5.09. The van der Waals surface area contributed by atoms with Crippen LogP contribution >= 0.6 is 11.6 Å². The average Bonchev–Trinajstić information content (AvgIpc) is 2.37. The van der Waals surface area contributed by atoms with E-state index in [4.69, 9.17) is 11.6 Å². The Morgan fingerprint density at radius 3 is 2.94 bits per heavy atom. The highest BCUT2D eigenvalue weighted by molar-refractivity contribution is 6.29. The van der Waals surface area contributed by atoms with Crippen molar-refractivity contribution in [3.8, 4) is 0 Å². The number of pyridine rings is 1. The molecule has 1 aliphatic heterocycles. The largest absolute Gasteiger partial charge is 0.326 e. The molecule has 1 aromatic carbocycles. The normalized spacial score (nSPS) is 14.4. The van der Waals surface area contributed by atoms with E-state index in [-0.39, 0.29) is 0 Å².